The summed E-state index contributed by atoms with van der Waals surface area (Å²) in [7, 11) is 1.50. The molecular weight excluding hydrogens is 482 g/mol. The first-order valence-corrected chi connectivity index (χ1v) is 12.0. The molecule has 37 heavy (non-hydrogen) atoms. The molecule has 3 rings (SSSR count). The van der Waals surface area contributed by atoms with Crippen molar-refractivity contribution in [2.75, 3.05) is 33.4 Å². The van der Waals surface area contributed by atoms with Gasteiger partial charge >= 0.3 is 5.97 Å². The summed E-state index contributed by atoms with van der Waals surface area (Å²) in [6.07, 6.45) is -1.84. The van der Waals surface area contributed by atoms with E-state index in [0.29, 0.717) is 31.0 Å². The molecule has 0 aromatic heterocycles. The number of nitrogens with one attached hydrogen (secondary N) is 3. The Morgan fingerprint density at radius 2 is 1.84 bits per heavy atom. The number of aliphatic hydroxyl groups is 2. The average molecular weight is 516 g/mol. The van der Waals surface area contributed by atoms with Crippen LogP contribution in [0.5, 0.6) is 5.75 Å². The zero-order valence-corrected chi connectivity index (χ0v) is 20.6. The van der Waals surface area contributed by atoms with Gasteiger partial charge in [0.15, 0.2) is 6.04 Å². The quantitative estimate of drug-likeness (QED) is 0.242. The standard InChI is InChI=1S/C26H33N3O8/c1-35-19-9-7-18(8-10-19)24(32)23(26(34)37-16-17-5-3-2-4-6-17)29-25(33)21(15-30)28-22(31)13-20-14-27-11-12-36-20/h2-10,20-21,23-24,27,30,32H,11-16H2,1H3,(H,28,31)(H,29,33)/t20?,21-,23-,24+/m0/s1. The van der Waals surface area contributed by atoms with E-state index < -0.39 is 42.6 Å². The first-order valence-electron chi connectivity index (χ1n) is 12.0. The highest BCUT2D eigenvalue weighted by atomic mass is 16.5. The van der Waals surface area contributed by atoms with Crippen LogP contribution in [0.15, 0.2) is 54.6 Å². The Kier molecular flexibility index (Phi) is 10.8. The van der Waals surface area contributed by atoms with Crippen LogP contribution in [-0.2, 0) is 30.5 Å². The fourth-order valence-corrected chi connectivity index (χ4v) is 3.74. The Morgan fingerprint density at radius 1 is 1.11 bits per heavy atom. The summed E-state index contributed by atoms with van der Waals surface area (Å²) in [6, 6.07) is 12.4. The first kappa shape index (κ1) is 28.1. The van der Waals surface area contributed by atoms with E-state index in [1.807, 2.05) is 6.07 Å². The van der Waals surface area contributed by atoms with Gasteiger partial charge in [0.25, 0.3) is 0 Å². The molecule has 2 amide bonds. The minimum atomic E-state index is -1.51. The van der Waals surface area contributed by atoms with Crippen molar-refractivity contribution < 1.29 is 38.8 Å². The van der Waals surface area contributed by atoms with Gasteiger partial charge in [-0.2, -0.15) is 0 Å². The molecule has 0 aliphatic carbocycles. The normalized spacial score (nSPS) is 17.6. The Bertz CT molecular complexity index is 1010. The largest absolute Gasteiger partial charge is 0.497 e. The second-order valence-electron chi connectivity index (χ2n) is 8.50. The molecule has 2 aromatic rings. The van der Waals surface area contributed by atoms with Crippen molar-refractivity contribution in [2.45, 2.75) is 37.3 Å². The van der Waals surface area contributed by atoms with Crippen molar-refractivity contribution >= 4 is 17.8 Å². The van der Waals surface area contributed by atoms with E-state index in [1.165, 1.54) is 7.11 Å². The maximum absolute atomic E-state index is 13.0. The van der Waals surface area contributed by atoms with Crippen molar-refractivity contribution in [3.8, 4) is 5.75 Å². The van der Waals surface area contributed by atoms with Gasteiger partial charge in [-0.25, -0.2) is 4.79 Å². The maximum Gasteiger partial charge on any atom is 0.332 e. The fraction of sp³-hybridized carbons (Fsp3) is 0.423. The van der Waals surface area contributed by atoms with Crippen molar-refractivity contribution in [1.29, 1.82) is 0 Å². The predicted octanol–water partition coefficient (Wildman–Crippen LogP) is -0.188. The van der Waals surface area contributed by atoms with Crippen LogP contribution in [0.1, 0.15) is 23.7 Å². The van der Waals surface area contributed by atoms with Gasteiger partial charge in [0.2, 0.25) is 11.8 Å². The molecule has 1 unspecified atom stereocenters. The van der Waals surface area contributed by atoms with Crippen molar-refractivity contribution in [3.05, 3.63) is 65.7 Å². The van der Waals surface area contributed by atoms with Gasteiger partial charge in [0.05, 0.1) is 32.8 Å². The molecule has 2 aromatic carbocycles. The monoisotopic (exact) mass is 515 g/mol. The number of esters is 1. The smallest absolute Gasteiger partial charge is 0.332 e. The van der Waals surface area contributed by atoms with Gasteiger partial charge in [-0.1, -0.05) is 42.5 Å². The molecule has 11 nitrogen and oxygen atoms in total. The van der Waals surface area contributed by atoms with Crippen molar-refractivity contribution in [3.63, 3.8) is 0 Å². The summed E-state index contributed by atoms with van der Waals surface area (Å²) in [4.78, 5) is 38.4. The lowest BCUT2D eigenvalue weighted by atomic mass is 10.0. The number of ether oxygens (including phenoxy) is 3. The minimum absolute atomic E-state index is 0.00615. The number of methoxy groups -OCH3 is 1. The summed E-state index contributed by atoms with van der Waals surface area (Å²) in [5, 5.41) is 28.7. The Morgan fingerprint density at radius 3 is 2.46 bits per heavy atom. The molecule has 1 aliphatic heterocycles. The van der Waals surface area contributed by atoms with E-state index in [0.717, 1.165) is 5.56 Å². The van der Waals surface area contributed by atoms with Crippen LogP contribution in [0.25, 0.3) is 0 Å². The van der Waals surface area contributed by atoms with E-state index in [1.54, 1.807) is 48.5 Å². The van der Waals surface area contributed by atoms with Crippen LogP contribution < -0.4 is 20.7 Å². The maximum atomic E-state index is 13.0. The van der Waals surface area contributed by atoms with E-state index in [9.17, 15) is 24.6 Å². The number of benzene rings is 2. The number of aliphatic hydroxyl groups excluding tert-OH is 2. The Hall–Kier alpha value is -3.51. The zero-order chi connectivity index (χ0) is 26.6. The van der Waals surface area contributed by atoms with Crippen LogP contribution in [-0.4, -0.2) is 79.6 Å². The lowest BCUT2D eigenvalue weighted by Crippen LogP contribution is -2.55. The topological polar surface area (TPSA) is 155 Å². The number of amides is 2. The number of morpholine rings is 1. The highest BCUT2D eigenvalue weighted by Crippen LogP contribution is 2.22. The van der Waals surface area contributed by atoms with Gasteiger partial charge in [-0.3, -0.25) is 9.59 Å². The van der Waals surface area contributed by atoms with Crippen LogP contribution in [0.2, 0.25) is 0 Å². The number of carbonyl (C=O) groups excluding carboxylic acids is 3. The summed E-state index contributed by atoms with van der Waals surface area (Å²) in [5.74, 6) is -1.69. The van der Waals surface area contributed by atoms with E-state index >= 15 is 0 Å². The number of hydrogen-bond donors (Lipinski definition) is 5. The molecule has 4 atom stereocenters. The second-order valence-corrected chi connectivity index (χ2v) is 8.50. The molecule has 200 valence electrons. The zero-order valence-electron chi connectivity index (χ0n) is 20.6. The van der Waals surface area contributed by atoms with Gasteiger partial charge in [-0.05, 0) is 23.3 Å². The summed E-state index contributed by atoms with van der Waals surface area (Å²) in [6.45, 7) is 0.867. The third-order valence-electron chi connectivity index (χ3n) is 5.80. The Balaban J connectivity index is 1.69. The van der Waals surface area contributed by atoms with E-state index in [-0.39, 0.29) is 19.1 Å². The highest BCUT2D eigenvalue weighted by molar-refractivity contribution is 5.91. The van der Waals surface area contributed by atoms with Crippen molar-refractivity contribution in [2.24, 2.45) is 0 Å². The van der Waals surface area contributed by atoms with Gasteiger partial charge in [-0.15, -0.1) is 0 Å². The van der Waals surface area contributed by atoms with Crippen LogP contribution in [0, 0.1) is 0 Å². The lowest BCUT2D eigenvalue weighted by Gasteiger charge is -2.26. The fourth-order valence-electron chi connectivity index (χ4n) is 3.74. The third kappa shape index (κ3) is 8.53. The molecule has 0 saturated carbocycles. The summed E-state index contributed by atoms with van der Waals surface area (Å²) >= 11 is 0. The molecule has 0 bridgehead atoms. The summed E-state index contributed by atoms with van der Waals surface area (Å²) in [5.41, 5.74) is 1.05. The third-order valence-corrected chi connectivity index (χ3v) is 5.80. The molecule has 1 heterocycles. The van der Waals surface area contributed by atoms with E-state index in [4.69, 9.17) is 14.2 Å². The molecule has 11 heteroatoms. The van der Waals surface area contributed by atoms with Crippen molar-refractivity contribution in [1.82, 2.24) is 16.0 Å². The molecule has 1 saturated heterocycles. The van der Waals surface area contributed by atoms with Crippen LogP contribution in [0.4, 0.5) is 0 Å². The van der Waals surface area contributed by atoms with E-state index in [2.05, 4.69) is 16.0 Å². The predicted molar refractivity (Wildman–Crippen MR) is 132 cm³/mol. The molecule has 0 radical (unpaired) electrons. The second kappa shape index (κ2) is 14.3. The highest BCUT2D eigenvalue weighted by Gasteiger charge is 2.34. The molecule has 1 fully saturated rings. The SMILES string of the molecule is COc1ccc([C@@H](O)[C@H](NC(=O)[C@H](CO)NC(=O)CC2CNCCO2)C(=O)OCc2ccccc2)cc1. The lowest BCUT2D eigenvalue weighted by molar-refractivity contribution is -0.153. The van der Waals surface area contributed by atoms with Gasteiger partial charge < -0.3 is 40.4 Å². The number of hydrogen-bond acceptors (Lipinski definition) is 9. The van der Waals surface area contributed by atoms with Crippen LogP contribution >= 0.6 is 0 Å². The molecular formula is C26H33N3O8. The molecule has 5 N–H and O–H groups in total. The molecule has 1 aliphatic rings. The van der Waals surface area contributed by atoms with Crippen LogP contribution in [0.3, 0.4) is 0 Å². The first-order chi connectivity index (χ1) is 17.9. The average Bonchev–Trinajstić information content (AvgIpc) is 2.94. The Labute approximate surface area is 215 Å². The van der Waals surface area contributed by atoms with Gasteiger partial charge in [0, 0.05) is 13.1 Å². The number of rotatable bonds is 12. The van der Waals surface area contributed by atoms with Gasteiger partial charge in [0.1, 0.15) is 24.5 Å². The molecule has 0 spiro atoms. The number of carbonyl (C=O) groups is 3. The minimum Gasteiger partial charge on any atom is -0.497 e. The summed E-state index contributed by atoms with van der Waals surface area (Å²) < 4.78 is 16.0.